The molecule has 3 aromatic rings. The molecular formula is C34H40N4O5. The van der Waals surface area contributed by atoms with E-state index in [1.165, 1.54) is 18.2 Å². The molecule has 0 aliphatic carbocycles. The molecule has 1 aromatic heterocycles. The van der Waals surface area contributed by atoms with Crippen LogP contribution in [0.2, 0.25) is 0 Å². The van der Waals surface area contributed by atoms with E-state index in [0.29, 0.717) is 24.2 Å². The summed E-state index contributed by atoms with van der Waals surface area (Å²) in [7, 11) is 1.34. The second-order valence-electron chi connectivity index (χ2n) is 11.7. The first-order valence-electron chi connectivity index (χ1n) is 14.6. The average molecular weight is 585 g/mol. The molecule has 0 bridgehead atoms. The third kappa shape index (κ3) is 7.06. The van der Waals surface area contributed by atoms with Gasteiger partial charge in [-0.25, -0.2) is 9.78 Å². The summed E-state index contributed by atoms with van der Waals surface area (Å²) in [4.78, 5) is 18.8. The van der Waals surface area contributed by atoms with Gasteiger partial charge in [0, 0.05) is 37.5 Å². The van der Waals surface area contributed by atoms with Gasteiger partial charge in [-0.3, -0.25) is 4.90 Å². The minimum absolute atomic E-state index is 0.0547. The van der Waals surface area contributed by atoms with E-state index < -0.39 is 5.97 Å². The maximum Gasteiger partial charge on any atom is 0.342 e. The Hall–Kier alpha value is -4.21. The topological polar surface area (TPSA) is 117 Å². The first-order valence-corrected chi connectivity index (χ1v) is 14.6. The van der Waals surface area contributed by atoms with Gasteiger partial charge in [-0.05, 0) is 80.5 Å². The fourth-order valence-corrected chi connectivity index (χ4v) is 5.97. The number of aliphatic carboxylic acids is 1. The Morgan fingerprint density at radius 2 is 2.02 bits per heavy atom. The van der Waals surface area contributed by atoms with Crippen molar-refractivity contribution >= 4 is 18.0 Å². The van der Waals surface area contributed by atoms with E-state index in [1.807, 2.05) is 37.3 Å². The number of fused-ring (bicyclic) bond motifs is 1. The van der Waals surface area contributed by atoms with Crippen LogP contribution in [0.1, 0.15) is 48.9 Å². The van der Waals surface area contributed by atoms with E-state index in [0.717, 1.165) is 67.6 Å². The highest BCUT2D eigenvalue weighted by Gasteiger charge is 2.33. The lowest BCUT2D eigenvalue weighted by molar-refractivity contribution is -0.132. The first-order chi connectivity index (χ1) is 20.7. The summed E-state index contributed by atoms with van der Waals surface area (Å²) in [5.74, 6) is -0.213. The van der Waals surface area contributed by atoms with Crippen LogP contribution in [-0.2, 0) is 33.8 Å². The fourth-order valence-electron chi connectivity index (χ4n) is 5.97. The summed E-state index contributed by atoms with van der Waals surface area (Å²) in [5, 5.41) is 19.7. The van der Waals surface area contributed by atoms with Gasteiger partial charge in [-0.15, -0.1) is 0 Å². The molecule has 5 rings (SSSR count). The number of methoxy groups -OCH3 is 1. The number of nitrogens with one attached hydrogen (secondary N) is 2. The molecule has 2 aromatic carbocycles. The first kappa shape index (κ1) is 30.3. The Bertz CT molecular complexity index is 1530. The van der Waals surface area contributed by atoms with E-state index in [9.17, 15) is 9.90 Å². The number of pyridine rings is 1. The summed E-state index contributed by atoms with van der Waals surface area (Å²) < 4.78 is 17.6. The van der Waals surface area contributed by atoms with Gasteiger partial charge in [-0.1, -0.05) is 36.4 Å². The van der Waals surface area contributed by atoms with Gasteiger partial charge >= 0.3 is 5.97 Å². The summed E-state index contributed by atoms with van der Waals surface area (Å²) >= 11 is 0. The summed E-state index contributed by atoms with van der Waals surface area (Å²) in [6.45, 7) is 9.69. The Balaban J connectivity index is 1.31. The monoisotopic (exact) mass is 584 g/mol. The number of carbonyl (C=O) groups is 1. The molecule has 0 spiro atoms. The number of nitrogens with zero attached hydrogens (tertiary/aromatic N) is 2. The lowest BCUT2D eigenvalue weighted by Gasteiger charge is -2.43. The fraction of sp³-hybridized carbons (Fsp3) is 0.382. The highest BCUT2D eigenvalue weighted by Crippen LogP contribution is 2.34. The maximum absolute atomic E-state index is 11.5. The minimum Gasteiger partial charge on any atom is -0.488 e. The predicted octanol–water partition coefficient (Wildman–Crippen LogP) is 5.96. The second kappa shape index (κ2) is 13.0. The largest absolute Gasteiger partial charge is 0.488 e. The second-order valence-corrected chi connectivity index (χ2v) is 11.7. The molecule has 2 aliphatic heterocycles. The lowest BCUT2D eigenvalue weighted by Crippen LogP contribution is -2.47. The molecule has 9 heteroatoms. The number of rotatable bonds is 10. The number of carboxylic acid groups (broad SMARTS) is 1. The van der Waals surface area contributed by atoms with Crippen LogP contribution >= 0.6 is 0 Å². The summed E-state index contributed by atoms with van der Waals surface area (Å²) in [6, 6.07) is 18.6. The van der Waals surface area contributed by atoms with Crippen molar-refractivity contribution in [3.8, 4) is 17.0 Å². The van der Waals surface area contributed by atoms with Crippen LogP contribution in [0.5, 0.6) is 5.75 Å². The van der Waals surface area contributed by atoms with Gasteiger partial charge < -0.3 is 30.0 Å². The molecule has 226 valence electrons. The van der Waals surface area contributed by atoms with Gasteiger partial charge in [0.1, 0.15) is 23.7 Å². The quantitative estimate of drug-likeness (QED) is 0.152. The lowest BCUT2D eigenvalue weighted by atomic mass is 9.90. The number of anilines is 1. The van der Waals surface area contributed by atoms with Crippen LogP contribution < -0.4 is 10.1 Å². The van der Waals surface area contributed by atoms with Crippen LogP contribution in [0.25, 0.3) is 11.3 Å². The molecule has 9 nitrogen and oxygen atoms in total. The molecule has 3 N–H and O–H groups in total. The smallest absolute Gasteiger partial charge is 0.342 e. The summed E-state index contributed by atoms with van der Waals surface area (Å²) in [6.07, 6.45) is 3.92. The van der Waals surface area contributed by atoms with Crippen molar-refractivity contribution < 1.29 is 24.1 Å². The SMILES string of the molecule is CO/C(Nc1cccc(-c2cccc(C)c2OCc2ccc3c(c2)CCN(C2CCOC(C)(C)C2)C3)n1)=C(/C=N)C(=O)O. The number of carboxylic acids is 1. The van der Waals surface area contributed by atoms with Gasteiger partial charge in [0.15, 0.2) is 0 Å². The standard InChI is InChI=1S/C34H40N4O5/c1-22-7-5-8-27(29-9-6-10-30(36-29)37-32(41-4)28(19-35)33(39)40)31(22)42-21-23-11-12-25-20-38(15-13-24(25)17-23)26-14-16-43-34(2,3)18-26/h5-12,17,19,26,35H,13-16,18,20-21H2,1-4H3,(H,36,37)(H,39,40)/b32-28-,35-19?. The number of benzene rings is 2. The van der Waals surface area contributed by atoms with Crippen LogP contribution in [0.4, 0.5) is 5.82 Å². The minimum atomic E-state index is -1.27. The zero-order chi connectivity index (χ0) is 30.6. The zero-order valence-electron chi connectivity index (χ0n) is 25.3. The molecule has 1 atom stereocenters. The van der Waals surface area contributed by atoms with E-state index in [-0.39, 0.29) is 17.1 Å². The number of ether oxygens (including phenoxy) is 3. The Kier molecular flexibility index (Phi) is 9.13. The van der Waals surface area contributed by atoms with Gasteiger partial charge in [0.05, 0.1) is 18.4 Å². The number of aryl methyl sites for hydroxylation is 1. The Labute approximate surface area is 253 Å². The average Bonchev–Trinajstić information content (AvgIpc) is 2.99. The maximum atomic E-state index is 11.5. The van der Waals surface area contributed by atoms with Crippen LogP contribution in [0, 0.1) is 12.3 Å². The highest BCUT2D eigenvalue weighted by atomic mass is 16.5. The van der Waals surface area contributed by atoms with E-state index >= 15 is 0 Å². The third-order valence-corrected chi connectivity index (χ3v) is 8.19. The molecule has 1 fully saturated rings. The number of para-hydroxylation sites is 1. The molecule has 2 aliphatic rings. The van der Waals surface area contributed by atoms with Gasteiger partial charge in [0.25, 0.3) is 0 Å². The molecule has 1 unspecified atom stereocenters. The Morgan fingerprint density at radius 1 is 1.21 bits per heavy atom. The molecule has 3 heterocycles. The van der Waals surface area contributed by atoms with E-state index in [4.69, 9.17) is 19.6 Å². The summed E-state index contributed by atoms with van der Waals surface area (Å²) in [5.41, 5.74) is 6.02. The molecule has 0 amide bonds. The molecule has 0 radical (unpaired) electrons. The van der Waals surface area contributed by atoms with Crippen molar-refractivity contribution in [3.05, 3.63) is 88.3 Å². The number of hydrogen-bond donors (Lipinski definition) is 3. The van der Waals surface area contributed by atoms with Gasteiger partial charge in [-0.2, -0.15) is 0 Å². The van der Waals surface area contributed by atoms with Crippen molar-refractivity contribution in [2.24, 2.45) is 0 Å². The highest BCUT2D eigenvalue weighted by molar-refractivity contribution is 6.08. The molecular weight excluding hydrogens is 544 g/mol. The third-order valence-electron chi connectivity index (χ3n) is 8.19. The molecule has 1 saturated heterocycles. The molecule has 0 saturated carbocycles. The van der Waals surface area contributed by atoms with Crippen molar-refractivity contribution in [3.63, 3.8) is 0 Å². The van der Waals surface area contributed by atoms with Crippen LogP contribution in [0.15, 0.2) is 66.1 Å². The Morgan fingerprint density at radius 3 is 2.77 bits per heavy atom. The predicted molar refractivity (Wildman–Crippen MR) is 166 cm³/mol. The van der Waals surface area contributed by atoms with Crippen molar-refractivity contribution in [1.29, 1.82) is 5.41 Å². The van der Waals surface area contributed by atoms with Crippen molar-refractivity contribution in [2.75, 3.05) is 25.6 Å². The zero-order valence-corrected chi connectivity index (χ0v) is 25.3. The van der Waals surface area contributed by atoms with Crippen molar-refractivity contribution in [1.82, 2.24) is 9.88 Å². The van der Waals surface area contributed by atoms with E-state index in [1.54, 1.807) is 6.07 Å². The van der Waals surface area contributed by atoms with E-state index in [2.05, 4.69) is 47.2 Å². The van der Waals surface area contributed by atoms with Crippen molar-refractivity contribution in [2.45, 2.75) is 64.8 Å². The number of aromatic nitrogens is 1. The molecule has 43 heavy (non-hydrogen) atoms. The van der Waals surface area contributed by atoms with Gasteiger partial charge in [0.2, 0.25) is 5.88 Å². The van der Waals surface area contributed by atoms with Crippen LogP contribution in [0.3, 0.4) is 0 Å². The normalized spacial score (nSPS) is 18.7. The number of hydrogen-bond acceptors (Lipinski definition) is 8. The van der Waals surface area contributed by atoms with Crippen LogP contribution in [-0.4, -0.2) is 59.1 Å².